The first-order chi connectivity index (χ1) is 14.1. The fraction of sp³-hybridized carbons (Fsp3) is 0.450. The van der Waals surface area contributed by atoms with Gasteiger partial charge in [-0.1, -0.05) is 49.2 Å². The van der Waals surface area contributed by atoms with Crippen LogP contribution < -0.4 is 16.4 Å². The highest BCUT2D eigenvalue weighted by atomic mass is 35.5. The molecule has 1 saturated heterocycles. The van der Waals surface area contributed by atoms with Crippen molar-refractivity contribution in [2.75, 3.05) is 23.7 Å². The van der Waals surface area contributed by atoms with Crippen LogP contribution in [0.2, 0.25) is 10.0 Å². The van der Waals surface area contributed by atoms with E-state index in [-0.39, 0.29) is 44.2 Å². The van der Waals surface area contributed by atoms with Crippen LogP contribution >= 0.6 is 23.2 Å². The van der Waals surface area contributed by atoms with Gasteiger partial charge in [0.1, 0.15) is 11.4 Å². The Morgan fingerprint density at radius 3 is 2.37 bits per heavy atom. The van der Waals surface area contributed by atoms with Crippen molar-refractivity contribution >= 4 is 40.5 Å². The normalized spacial score (nSPS) is 15.6. The maximum absolute atomic E-state index is 13.7. The lowest BCUT2D eigenvalue weighted by Crippen LogP contribution is -2.48. The number of aromatic nitrogens is 2. The summed E-state index contributed by atoms with van der Waals surface area (Å²) in [5.41, 5.74) is 11.1. The van der Waals surface area contributed by atoms with E-state index < -0.39 is 12.1 Å². The first-order valence-corrected chi connectivity index (χ1v) is 10.4. The number of nitrogens with two attached hydrogens (primary N) is 2. The van der Waals surface area contributed by atoms with Crippen molar-refractivity contribution in [2.24, 2.45) is 5.73 Å². The highest BCUT2D eigenvalue weighted by Gasteiger charge is 2.31. The predicted octanol–water partition coefficient (Wildman–Crippen LogP) is 5.06. The summed E-state index contributed by atoms with van der Waals surface area (Å²) in [5, 5.41) is 8.71. The van der Waals surface area contributed by atoms with Gasteiger partial charge in [-0.25, -0.2) is 18.7 Å². The molecule has 6 nitrogen and oxygen atoms in total. The van der Waals surface area contributed by atoms with Crippen LogP contribution in [0, 0.1) is 5.41 Å². The number of hydrogen-bond acceptors (Lipinski definition) is 6. The fourth-order valence-electron chi connectivity index (χ4n) is 3.07. The van der Waals surface area contributed by atoms with E-state index in [9.17, 15) is 8.78 Å². The van der Waals surface area contributed by atoms with Crippen molar-refractivity contribution in [3.05, 3.63) is 45.2 Å². The molecule has 1 aliphatic rings. The highest BCUT2D eigenvalue weighted by molar-refractivity contribution is 6.44. The van der Waals surface area contributed by atoms with Crippen molar-refractivity contribution in [2.45, 2.75) is 45.6 Å². The second kappa shape index (κ2) is 9.85. The molecule has 0 atom stereocenters. The van der Waals surface area contributed by atoms with E-state index in [0.29, 0.717) is 25.9 Å². The number of alkyl halides is 2. The third-order valence-electron chi connectivity index (χ3n) is 4.80. The van der Waals surface area contributed by atoms with Crippen molar-refractivity contribution in [1.82, 2.24) is 9.97 Å². The van der Waals surface area contributed by atoms with Gasteiger partial charge in [0.2, 0.25) is 0 Å². The lowest BCUT2D eigenvalue weighted by Gasteiger charge is -2.37. The number of hydrogen-bond donors (Lipinski definition) is 3. The van der Waals surface area contributed by atoms with Gasteiger partial charge in [0.05, 0.1) is 15.8 Å². The average molecular weight is 459 g/mol. The molecule has 30 heavy (non-hydrogen) atoms. The standard InChI is InChI=1S/C18H20Cl2F2N6.C2H6/c1-18(25)5-7-28(8-6-18)17-14(15(21)22)26-13(16(24)27-17)12(23)9-3-2-4-10(19)11(9)20;1-2/h2-4,15,23H,5-8,25H2,1H3,(H2,24,27);1-2H3. The maximum atomic E-state index is 13.7. The van der Waals surface area contributed by atoms with Crippen molar-refractivity contribution in [1.29, 1.82) is 5.41 Å². The van der Waals surface area contributed by atoms with E-state index in [1.165, 1.54) is 0 Å². The second-order valence-corrected chi connectivity index (χ2v) is 7.87. The first-order valence-electron chi connectivity index (χ1n) is 9.63. The molecule has 0 aliphatic carbocycles. The summed E-state index contributed by atoms with van der Waals surface area (Å²) in [6, 6.07) is 4.70. The van der Waals surface area contributed by atoms with Crippen LogP contribution in [0.1, 0.15) is 57.0 Å². The molecule has 1 aromatic heterocycles. The van der Waals surface area contributed by atoms with Gasteiger partial charge in [-0.2, -0.15) is 0 Å². The Morgan fingerprint density at radius 2 is 1.80 bits per heavy atom. The molecule has 1 aliphatic heterocycles. The van der Waals surface area contributed by atoms with Crippen LogP contribution in [0.3, 0.4) is 0 Å². The van der Waals surface area contributed by atoms with Gasteiger partial charge in [0.15, 0.2) is 11.6 Å². The Labute approximate surface area is 185 Å². The van der Waals surface area contributed by atoms with Crippen molar-refractivity contribution in [3.63, 3.8) is 0 Å². The molecule has 10 heteroatoms. The molecule has 0 radical (unpaired) electrons. The number of nitrogens with zero attached hydrogens (tertiary/aromatic N) is 3. The minimum Gasteiger partial charge on any atom is -0.382 e. The summed E-state index contributed by atoms with van der Waals surface area (Å²) < 4.78 is 27.5. The minimum absolute atomic E-state index is 0.0248. The van der Waals surface area contributed by atoms with Crippen LogP contribution in [0.4, 0.5) is 20.4 Å². The van der Waals surface area contributed by atoms with Crippen LogP contribution in [-0.4, -0.2) is 34.3 Å². The van der Waals surface area contributed by atoms with E-state index in [1.54, 1.807) is 23.1 Å². The lowest BCUT2D eigenvalue weighted by molar-refractivity contribution is 0.146. The van der Waals surface area contributed by atoms with E-state index >= 15 is 0 Å². The maximum Gasteiger partial charge on any atom is 0.284 e. The molecule has 3 rings (SSSR count). The second-order valence-electron chi connectivity index (χ2n) is 7.08. The topological polar surface area (TPSA) is 105 Å². The van der Waals surface area contributed by atoms with Gasteiger partial charge >= 0.3 is 0 Å². The van der Waals surface area contributed by atoms with E-state index in [1.807, 2.05) is 20.8 Å². The van der Waals surface area contributed by atoms with E-state index in [4.69, 9.17) is 40.1 Å². The molecule has 1 fully saturated rings. The molecule has 0 spiro atoms. The summed E-state index contributed by atoms with van der Waals surface area (Å²) >= 11 is 12.1. The summed E-state index contributed by atoms with van der Waals surface area (Å²) in [6.07, 6.45) is -1.62. The van der Waals surface area contributed by atoms with E-state index in [0.717, 1.165) is 0 Å². The minimum atomic E-state index is -2.88. The molecule has 2 heterocycles. The van der Waals surface area contributed by atoms with Gasteiger partial charge in [-0.15, -0.1) is 0 Å². The molecule has 0 unspecified atom stereocenters. The summed E-state index contributed by atoms with van der Waals surface area (Å²) in [6.45, 7) is 6.87. The number of anilines is 2. The zero-order valence-electron chi connectivity index (χ0n) is 17.1. The van der Waals surface area contributed by atoms with Crippen molar-refractivity contribution < 1.29 is 8.78 Å². The number of piperidine rings is 1. The summed E-state index contributed by atoms with van der Waals surface area (Å²) in [5.74, 6) is -0.0988. The van der Waals surface area contributed by atoms with Gasteiger partial charge in [0.25, 0.3) is 6.43 Å². The van der Waals surface area contributed by atoms with Crippen LogP contribution in [-0.2, 0) is 0 Å². The first kappa shape index (κ1) is 24.2. The monoisotopic (exact) mass is 458 g/mol. The molecule has 2 aromatic rings. The zero-order chi connectivity index (χ0) is 22.6. The Morgan fingerprint density at radius 1 is 1.20 bits per heavy atom. The van der Waals surface area contributed by atoms with Crippen LogP contribution in [0.15, 0.2) is 18.2 Å². The number of benzene rings is 1. The Balaban J connectivity index is 0.00000155. The van der Waals surface area contributed by atoms with Gasteiger partial charge in [0, 0.05) is 24.2 Å². The average Bonchev–Trinajstić information content (AvgIpc) is 2.70. The summed E-state index contributed by atoms with van der Waals surface area (Å²) in [4.78, 5) is 9.87. The molecule has 5 N–H and O–H groups in total. The highest BCUT2D eigenvalue weighted by Crippen LogP contribution is 2.33. The Hall–Kier alpha value is -2.03. The molecule has 164 valence electrons. The molecular weight excluding hydrogens is 433 g/mol. The Kier molecular flexibility index (Phi) is 7.96. The predicted molar refractivity (Wildman–Crippen MR) is 119 cm³/mol. The molecule has 0 bridgehead atoms. The van der Waals surface area contributed by atoms with Gasteiger partial charge < -0.3 is 16.4 Å². The van der Waals surface area contributed by atoms with Gasteiger partial charge in [-0.3, -0.25) is 5.41 Å². The number of rotatable bonds is 4. The SMILES string of the molecule is CC.CC1(N)CCN(c2nc(N)c(C(=N)c3cccc(Cl)c3Cl)nc2C(F)F)CC1. The Bertz CT molecular complexity index is 910. The smallest absolute Gasteiger partial charge is 0.284 e. The fourth-order valence-corrected chi connectivity index (χ4v) is 3.46. The third kappa shape index (κ3) is 5.17. The largest absolute Gasteiger partial charge is 0.382 e. The molecule has 0 amide bonds. The van der Waals surface area contributed by atoms with E-state index in [2.05, 4.69) is 9.97 Å². The number of nitrogen functional groups attached to an aromatic ring is 1. The van der Waals surface area contributed by atoms with Crippen molar-refractivity contribution in [3.8, 4) is 0 Å². The molecule has 1 aromatic carbocycles. The lowest BCUT2D eigenvalue weighted by atomic mass is 9.91. The number of halogens is 4. The zero-order valence-corrected chi connectivity index (χ0v) is 18.7. The molecular formula is C20H26Cl2F2N6. The quantitative estimate of drug-likeness (QED) is 0.554. The van der Waals surface area contributed by atoms with Gasteiger partial charge in [-0.05, 0) is 25.8 Å². The number of nitrogens with one attached hydrogen (secondary N) is 1. The summed E-state index contributed by atoms with van der Waals surface area (Å²) in [7, 11) is 0. The molecule has 0 saturated carbocycles. The third-order valence-corrected chi connectivity index (χ3v) is 5.62. The van der Waals surface area contributed by atoms with Crippen LogP contribution in [0.5, 0.6) is 0 Å². The van der Waals surface area contributed by atoms with Crippen LogP contribution in [0.25, 0.3) is 0 Å².